The first-order chi connectivity index (χ1) is 15.5. The fourth-order valence-electron chi connectivity index (χ4n) is 3.22. The van der Waals surface area contributed by atoms with Gasteiger partial charge in [0.2, 0.25) is 0 Å². The number of aromatic nitrogens is 1. The second-order valence-electron chi connectivity index (χ2n) is 6.99. The van der Waals surface area contributed by atoms with Crippen molar-refractivity contribution in [2.45, 2.75) is 13.8 Å². The Morgan fingerprint density at radius 3 is 2.31 bits per heavy atom. The van der Waals surface area contributed by atoms with Gasteiger partial charge in [0.15, 0.2) is 23.2 Å². The van der Waals surface area contributed by atoms with Gasteiger partial charge in [0.1, 0.15) is 5.75 Å². The second-order valence-corrected chi connectivity index (χ2v) is 8.43. The number of rotatable bonds is 11. The van der Waals surface area contributed by atoms with Crippen molar-refractivity contribution in [1.82, 2.24) is 9.88 Å². The van der Waals surface area contributed by atoms with E-state index in [4.69, 9.17) is 30.8 Å². The van der Waals surface area contributed by atoms with Crippen LogP contribution in [0.4, 0.5) is 5.13 Å². The highest BCUT2D eigenvalue weighted by molar-refractivity contribution is 7.22. The number of likely N-dealkylation sites (N-methyl/N-ethyl adjacent to an activating group) is 1. The summed E-state index contributed by atoms with van der Waals surface area (Å²) in [4.78, 5) is 21.8. The summed E-state index contributed by atoms with van der Waals surface area (Å²) < 4.78 is 17.4. The van der Waals surface area contributed by atoms with E-state index in [0.29, 0.717) is 33.9 Å². The number of methoxy groups -OCH3 is 2. The molecule has 0 aliphatic rings. The summed E-state index contributed by atoms with van der Waals surface area (Å²) in [6.45, 7) is 7.19. The molecule has 172 valence electrons. The van der Waals surface area contributed by atoms with E-state index in [9.17, 15) is 4.79 Å². The Morgan fingerprint density at radius 1 is 1.03 bits per heavy atom. The van der Waals surface area contributed by atoms with Crippen molar-refractivity contribution >= 4 is 44.2 Å². The largest absolute Gasteiger partial charge is 0.493 e. The summed E-state index contributed by atoms with van der Waals surface area (Å²) in [5.41, 5.74) is 0.752. The number of hydrogen-bond donors (Lipinski definition) is 0. The number of hydrogen-bond acceptors (Lipinski definition) is 7. The van der Waals surface area contributed by atoms with Crippen LogP contribution in [-0.4, -0.2) is 62.8 Å². The zero-order valence-corrected chi connectivity index (χ0v) is 20.3. The van der Waals surface area contributed by atoms with Gasteiger partial charge in [-0.1, -0.05) is 36.8 Å². The summed E-state index contributed by atoms with van der Waals surface area (Å²) in [6.07, 6.45) is 0. The Kier molecular flexibility index (Phi) is 8.55. The number of amides is 1. The first kappa shape index (κ1) is 24.1. The number of ether oxygens (including phenoxy) is 3. The van der Waals surface area contributed by atoms with Crippen LogP contribution in [0.1, 0.15) is 13.8 Å². The minimum atomic E-state index is -0.162. The van der Waals surface area contributed by atoms with Gasteiger partial charge in [-0.05, 0) is 37.4 Å². The molecule has 32 heavy (non-hydrogen) atoms. The molecule has 1 heterocycles. The standard InChI is InChI=1S/C23H28ClN3O4S/c1-5-26(6-2)11-12-27(22(28)15-31-17-9-7-16(24)8-10-17)23-25-18-13-19(29-3)20(30-4)14-21(18)32-23/h7-10,13-14H,5-6,11-12,15H2,1-4H3. The quantitative estimate of drug-likeness (QED) is 0.398. The fraction of sp³-hybridized carbons (Fsp3) is 0.391. The van der Waals surface area contributed by atoms with Crippen molar-refractivity contribution in [3.05, 3.63) is 41.4 Å². The molecule has 1 amide bonds. The predicted octanol–water partition coefficient (Wildman–Crippen LogP) is 4.72. The molecule has 3 rings (SSSR count). The maximum atomic E-state index is 13.2. The van der Waals surface area contributed by atoms with Crippen LogP contribution in [0, 0.1) is 0 Å². The van der Waals surface area contributed by atoms with Crippen LogP contribution in [0.15, 0.2) is 36.4 Å². The number of anilines is 1. The van der Waals surface area contributed by atoms with Crippen LogP contribution in [0.3, 0.4) is 0 Å². The molecule has 0 saturated carbocycles. The minimum Gasteiger partial charge on any atom is -0.493 e. The lowest BCUT2D eigenvalue weighted by Crippen LogP contribution is -2.41. The normalized spacial score (nSPS) is 11.1. The molecule has 0 saturated heterocycles. The molecule has 0 aliphatic heterocycles. The number of nitrogens with zero attached hydrogens (tertiary/aromatic N) is 3. The van der Waals surface area contributed by atoms with Crippen LogP contribution in [0.25, 0.3) is 10.2 Å². The van der Waals surface area contributed by atoms with E-state index >= 15 is 0 Å². The molecule has 0 fully saturated rings. The zero-order chi connectivity index (χ0) is 23.1. The Bertz CT molecular complexity index is 997. The molecule has 0 aliphatic carbocycles. The van der Waals surface area contributed by atoms with E-state index in [1.54, 1.807) is 43.4 Å². The van der Waals surface area contributed by atoms with Gasteiger partial charge >= 0.3 is 0 Å². The highest BCUT2D eigenvalue weighted by Crippen LogP contribution is 2.37. The van der Waals surface area contributed by atoms with E-state index in [2.05, 4.69) is 18.7 Å². The summed E-state index contributed by atoms with van der Waals surface area (Å²) >= 11 is 7.36. The number of fused-ring (bicyclic) bond motifs is 1. The van der Waals surface area contributed by atoms with E-state index < -0.39 is 0 Å². The topological polar surface area (TPSA) is 64.1 Å². The first-order valence-electron chi connectivity index (χ1n) is 10.4. The van der Waals surface area contributed by atoms with Crippen LogP contribution >= 0.6 is 22.9 Å². The summed E-state index contributed by atoms with van der Waals surface area (Å²) in [5.74, 6) is 1.65. The van der Waals surface area contributed by atoms with E-state index in [1.165, 1.54) is 11.3 Å². The lowest BCUT2D eigenvalue weighted by Gasteiger charge is -2.24. The molecular formula is C23H28ClN3O4S. The average Bonchev–Trinajstić information content (AvgIpc) is 3.22. The van der Waals surface area contributed by atoms with E-state index in [1.807, 2.05) is 12.1 Å². The molecule has 3 aromatic rings. The monoisotopic (exact) mass is 477 g/mol. The van der Waals surface area contributed by atoms with Gasteiger partial charge < -0.3 is 19.1 Å². The number of thiazole rings is 1. The maximum Gasteiger partial charge on any atom is 0.266 e. The van der Waals surface area contributed by atoms with Gasteiger partial charge in [0, 0.05) is 30.2 Å². The van der Waals surface area contributed by atoms with Crippen LogP contribution < -0.4 is 19.1 Å². The van der Waals surface area contributed by atoms with Gasteiger partial charge in [-0.2, -0.15) is 0 Å². The van der Waals surface area contributed by atoms with Crippen molar-refractivity contribution in [2.75, 3.05) is 51.9 Å². The Labute approximate surface area is 197 Å². The van der Waals surface area contributed by atoms with Gasteiger partial charge in [-0.25, -0.2) is 4.98 Å². The second kappa shape index (κ2) is 11.4. The van der Waals surface area contributed by atoms with Gasteiger partial charge in [0.25, 0.3) is 5.91 Å². The molecule has 9 heteroatoms. The predicted molar refractivity (Wildman–Crippen MR) is 130 cm³/mol. The van der Waals surface area contributed by atoms with E-state index in [-0.39, 0.29) is 12.5 Å². The lowest BCUT2D eigenvalue weighted by molar-refractivity contribution is -0.120. The van der Waals surface area contributed by atoms with Crippen molar-refractivity contribution in [1.29, 1.82) is 0 Å². The number of carbonyl (C=O) groups is 1. The third-order valence-electron chi connectivity index (χ3n) is 5.12. The molecule has 0 N–H and O–H groups in total. The minimum absolute atomic E-state index is 0.0948. The van der Waals surface area contributed by atoms with Gasteiger partial charge in [-0.15, -0.1) is 0 Å². The molecule has 0 spiro atoms. The number of benzene rings is 2. The molecule has 0 bridgehead atoms. The molecule has 7 nitrogen and oxygen atoms in total. The van der Waals surface area contributed by atoms with Crippen molar-refractivity contribution in [3.8, 4) is 17.2 Å². The lowest BCUT2D eigenvalue weighted by atomic mass is 10.3. The smallest absolute Gasteiger partial charge is 0.266 e. The zero-order valence-electron chi connectivity index (χ0n) is 18.8. The Balaban J connectivity index is 1.85. The number of carbonyl (C=O) groups excluding carboxylic acids is 1. The average molecular weight is 478 g/mol. The van der Waals surface area contributed by atoms with Crippen LogP contribution in [0.5, 0.6) is 17.2 Å². The maximum absolute atomic E-state index is 13.2. The van der Waals surface area contributed by atoms with Gasteiger partial charge in [-0.3, -0.25) is 9.69 Å². The summed E-state index contributed by atoms with van der Waals surface area (Å²) in [7, 11) is 3.19. The first-order valence-corrected chi connectivity index (χ1v) is 11.6. The molecular weight excluding hydrogens is 450 g/mol. The summed E-state index contributed by atoms with van der Waals surface area (Å²) in [5, 5.41) is 1.23. The SMILES string of the molecule is CCN(CC)CCN(C(=O)COc1ccc(Cl)cc1)c1nc2cc(OC)c(OC)cc2s1. The third kappa shape index (κ3) is 5.82. The number of halogens is 1. The van der Waals surface area contributed by atoms with Crippen molar-refractivity contribution in [2.24, 2.45) is 0 Å². The highest BCUT2D eigenvalue weighted by Gasteiger charge is 2.22. The van der Waals surface area contributed by atoms with E-state index in [0.717, 1.165) is 29.9 Å². The van der Waals surface area contributed by atoms with Gasteiger partial charge in [0.05, 0.1) is 24.4 Å². The molecule has 1 aromatic heterocycles. The van der Waals surface area contributed by atoms with Crippen LogP contribution in [0.2, 0.25) is 5.02 Å². The van der Waals surface area contributed by atoms with Crippen molar-refractivity contribution in [3.63, 3.8) is 0 Å². The molecule has 0 unspecified atom stereocenters. The third-order valence-corrected chi connectivity index (χ3v) is 6.42. The fourth-order valence-corrected chi connectivity index (χ4v) is 4.37. The molecule has 2 aromatic carbocycles. The molecule has 0 radical (unpaired) electrons. The Hall–Kier alpha value is -2.55. The summed E-state index contributed by atoms with van der Waals surface area (Å²) in [6, 6.07) is 10.7. The molecule has 0 atom stereocenters. The van der Waals surface area contributed by atoms with Crippen molar-refractivity contribution < 1.29 is 19.0 Å². The Morgan fingerprint density at radius 2 is 1.69 bits per heavy atom. The van der Waals surface area contributed by atoms with Crippen LogP contribution in [-0.2, 0) is 4.79 Å². The highest BCUT2D eigenvalue weighted by atomic mass is 35.5.